The molecule has 0 amide bonds. The van der Waals surface area contributed by atoms with E-state index in [1.54, 1.807) is 42.5 Å². The van der Waals surface area contributed by atoms with Crippen molar-refractivity contribution in [3.8, 4) is 0 Å². The molecule has 3 aromatic carbocycles. The minimum absolute atomic E-state index is 0.0677. The molecule has 0 aliphatic heterocycles. The Morgan fingerprint density at radius 1 is 0.833 bits per heavy atom. The van der Waals surface area contributed by atoms with Crippen LogP contribution < -0.4 is 0 Å². The third kappa shape index (κ3) is 8.03. The molecular weight excluding hydrogens is 521 g/mol. The normalized spacial score (nSPS) is 11.8. The quantitative estimate of drug-likeness (QED) is 0.282. The van der Waals surface area contributed by atoms with E-state index in [1.807, 2.05) is 18.2 Å². The Bertz CT molecular complexity index is 1320. The van der Waals surface area contributed by atoms with Crippen LogP contribution >= 0.6 is 23.2 Å². The van der Waals surface area contributed by atoms with Crippen LogP contribution in [0.3, 0.4) is 0 Å². The molecule has 0 aliphatic rings. The Hall–Kier alpha value is -2.97. The van der Waals surface area contributed by atoms with Crippen LogP contribution in [-0.4, -0.2) is 42.7 Å². The number of benzene rings is 3. The second kappa shape index (κ2) is 12.8. The molecule has 0 bridgehead atoms. The fourth-order valence-electron chi connectivity index (χ4n) is 3.42. The van der Waals surface area contributed by atoms with Crippen LogP contribution in [0.2, 0.25) is 10.0 Å². The molecule has 0 spiro atoms. The first-order valence-corrected chi connectivity index (χ1v) is 13.4. The summed E-state index contributed by atoms with van der Waals surface area (Å²) in [6.07, 6.45) is 3.74. The summed E-state index contributed by atoms with van der Waals surface area (Å²) in [5.41, 5.74) is 2.17. The highest BCUT2D eigenvalue weighted by molar-refractivity contribution is 7.89. The number of hydrogen-bond acceptors (Lipinski definition) is 4. The first-order chi connectivity index (χ1) is 17.1. The molecule has 9 heteroatoms. The van der Waals surface area contributed by atoms with E-state index in [1.165, 1.54) is 28.6 Å². The van der Waals surface area contributed by atoms with Gasteiger partial charge < -0.3 is 5.11 Å². The van der Waals surface area contributed by atoms with Crippen LogP contribution in [-0.2, 0) is 21.2 Å². The monoisotopic (exact) mass is 545 g/mol. The first kappa shape index (κ1) is 27.6. The van der Waals surface area contributed by atoms with E-state index in [4.69, 9.17) is 28.3 Å². The van der Waals surface area contributed by atoms with Crippen LogP contribution in [0.4, 0.5) is 0 Å². The molecule has 1 N–H and O–H groups in total. The molecule has 36 heavy (non-hydrogen) atoms. The maximum atomic E-state index is 13.4. The number of nitrogens with zero attached hydrogens (tertiary/aromatic N) is 1. The summed E-state index contributed by atoms with van der Waals surface area (Å²) in [7, 11) is -3.79. The molecular formula is C27H25Cl2NO5S. The zero-order valence-corrected chi connectivity index (χ0v) is 21.6. The summed E-state index contributed by atoms with van der Waals surface area (Å²) < 4.78 is 28.1. The molecule has 0 unspecified atom stereocenters. The van der Waals surface area contributed by atoms with Crippen LogP contribution in [0.5, 0.6) is 0 Å². The Kier molecular flexibility index (Phi) is 9.84. The van der Waals surface area contributed by atoms with Gasteiger partial charge in [0.25, 0.3) is 0 Å². The van der Waals surface area contributed by atoms with Gasteiger partial charge in [0.15, 0.2) is 5.78 Å². The van der Waals surface area contributed by atoms with Gasteiger partial charge in [-0.15, -0.1) is 0 Å². The number of rotatable bonds is 12. The van der Waals surface area contributed by atoms with Gasteiger partial charge in [0, 0.05) is 35.1 Å². The van der Waals surface area contributed by atoms with E-state index < -0.39 is 16.0 Å². The van der Waals surface area contributed by atoms with E-state index in [-0.39, 0.29) is 36.6 Å². The first-order valence-electron chi connectivity index (χ1n) is 11.2. The van der Waals surface area contributed by atoms with Gasteiger partial charge in [-0.1, -0.05) is 71.8 Å². The van der Waals surface area contributed by atoms with Crippen LogP contribution in [0.25, 0.3) is 6.08 Å². The van der Waals surface area contributed by atoms with Crippen molar-refractivity contribution in [3.05, 3.63) is 106 Å². The van der Waals surface area contributed by atoms with Gasteiger partial charge in [-0.05, 0) is 53.9 Å². The van der Waals surface area contributed by atoms with Gasteiger partial charge >= 0.3 is 5.97 Å². The lowest BCUT2D eigenvalue weighted by atomic mass is 10.0. The van der Waals surface area contributed by atoms with Gasteiger partial charge in [0.05, 0.1) is 11.3 Å². The number of carbonyl (C=O) groups excluding carboxylic acids is 1. The Morgan fingerprint density at radius 2 is 1.42 bits per heavy atom. The number of carbonyl (C=O) groups is 2. The number of aliphatic carboxylic acids is 1. The van der Waals surface area contributed by atoms with Crippen LogP contribution in [0.1, 0.15) is 34.3 Å². The largest absolute Gasteiger partial charge is 0.481 e. The SMILES string of the molecule is O=C(O)CCC(=O)c1ccc(CCN(CC=Cc2ccc(Cl)cc2)S(=O)(=O)c2ccc(Cl)cc2)cc1. The minimum Gasteiger partial charge on any atom is -0.481 e. The van der Waals surface area contributed by atoms with Crippen molar-refractivity contribution >= 4 is 51.1 Å². The predicted molar refractivity (Wildman–Crippen MR) is 142 cm³/mol. The number of halogens is 2. The van der Waals surface area contributed by atoms with Crippen molar-refractivity contribution in [3.63, 3.8) is 0 Å². The topological polar surface area (TPSA) is 91.8 Å². The summed E-state index contributed by atoms with van der Waals surface area (Å²) in [6.45, 7) is 0.363. The van der Waals surface area contributed by atoms with Crippen molar-refractivity contribution < 1.29 is 23.1 Å². The molecule has 0 heterocycles. The Labute approximate surface area is 220 Å². The maximum Gasteiger partial charge on any atom is 0.303 e. The Morgan fingerprint density at radius 3 is 2.00 bits per heavy atom. The van der Waals surface area contributed by atoms with Gasteiger partial charge in [-0.2, -0.15) is 4.31 Å². The summed E-state index contributed by atoms with van der Waals surface area (Å²) in [4.78, 5) is 22.9. The maximum absolute atomic E-state index is 13.4. The molecule has 3 aromatic rings. The molecule has 3 rings (SSSR count). The average molecular weight is 546 g/mol. The van der Waals surface area contributed by atoms with Crippen molar-refractivity contribution in [2.24, 2.45) is 0 Å². The summed E-state index contributed by atoms with van der Waals surface area (Å²) >= 11 is 11.9. The number of hydrogen-bond donors (Lipinski definition) is 1. The molecule has 0 fully saturated rings. The number of ketones is 1. The zero-order valence-electron chi connectivity index (χ0n) is 19.3. The van der Waals surface area contributed by atoms with Gasteiger partial charge in [0.2, 0.25) is 10.0 Å². The molecule has 0 atom stereocenters. The van der Waals surface area contributed by atoms with E-state index in [9.17, 15) is 18.0 Å². The minimum atomic E-state index is -3.79. The highest BCUT2D eigenvalue weighted by Crippen LogP contribution is 2.20. The zero-order chi connectivity index (χ0) is 26.1. The summed E-state index contributed by atoms with van der Waals surface area (Å²) in [5.74, 6) is -1.27. The van der Waals surface area contributed by atoms with Gasteiger partial charge in [-0.3, -0.25) is 9.59 Å². The van der Waals surface area contributed by atoms with E-state index >= 15 is 0 Å². The summed E-state index contributed by atoms with van der Waals surface area (Å²) in [5, 5.41) is 9.82. The second-order valence-corrected chi connectivity index (χ2v) is 10.8. The Balaban J connectivity index is 1.74. The molecule has 0 aromatic heterocycles. The average Bonchev–Trinajstić information content (AvgIpc) is 2.86. The third-order valence-electron chi connectivity index (χ3n) is 5.43. The van der Waals surface area contributed by atoms with E-state index in [2.05, 4.69) is 0 Å². The molecule has 6 nitrogen and oxygen atoms in total. The number of Topliss-reactive ketones (excluding diaryl/α,β-unsaturated/α-hetero) is 1. The standard InChI is InChI=1S/C27H25Cl2NO5S/c28-23-9-5-20(6-10-23)2-1-18-30(36(34,35)25-13-11-24(29)12-14-25)19-17-21-3-7-22(8-4-21)26(31)15-16-27(32)33/h1-14H,15-19H2,(H,32,33). The van der Waals surface area contributed by atoms with E-state index in [0.29, 0.717) is 22.0 Å². The molecule has 188 valence electrons. The lowest BCUT2D eigenvalue weighted by Gasteiger charge is -2.21. The highest BCUT2D eigenvalue weighted by Gasteiger charge is 2.23. The third-order valence-corrected chi connectivity index (χ3v) is 7.82. The van der Waals surface area contributed by atoms with E-state index in [0.717, 1.165) is 11.1 Å². The lowest BCUT2D eigenvalue weighted by molar-refractivity contribution is -0.136. The van der Waals surface area contributed by atoms with Crippen molar-refractivity contribution in [2.45, 2.75) is 24.2 Å². The predicted octanol–water partition coefficient (Wildman–Crippen LogP) is 5.99. The van der Waals surface area contributed by atoms with Crippen molar-refractivity contribution in [1.82, 2.24) is 4.31 Å². The highest BCUT2D eigenvalue weighted by atomic mass is 35.5. The van der Waals surface area contributed by atoms with Gasteiger partial charge in [-0.25, -0.2) is 8.42 Å². The fourth-order valence-corrected chi connectivity index (χ4v) is 5.07. The molecule has 0 aliphatic carbocycles. The lowest BCUT2D eigenvalue weighted by Crippen LogP contribution is -2.33. The number of carboxylic acids is 1. The summed E-state index contributed by atoms with van der Waals surface area (Å²) in [6, 6.07) is 20.0. The molecule has 0 saturated heterocycles. The second-order valence-electron chi connectivity index (χ2n) is 8.03. The smallest absolute Gasteiger partial charge is 0.303 e. The van der Waals surface area contributed by atoms with Crippen molar-refractivity contribution in [1.29, 1.82) is 0 Å². The fraction of sp³-hybridized carbons (Fsp3) is 0.185. The number of sulfonamides is 1. The van der Waals surface area contributed by atoms with Crippen LogP contribution in [0, 0.1) is 0 Å². The van der Waals surface area contributed by atoms with Crippen LogP contribution in [0.15, 0.2) is 83.8 Å². The number of carboxylic acid groups (broad SMARTS) is 1. The molecule has 0 radical (unpaired) electrons. The van der Waals surface area contributed by atoms with Gasteiger partial charge in [0.1, 0.15) is 0 Å². The molecule has 0 saturated carbocycles. The van der Waals surface area contributed by atoms with Crippen molar-refractivity contribution in [2.75, 3.05) is 13.1 Å².